The molecule has 1 saturated heterocycles. The molecule has 2 aromatic rings. The zero-order chi connectivity index (χ0) is 20.1. The Morgan fingerprint density at radius 2 is 2.00 bits per heavy atom. The van der Waals surface area contributed by atoms with E-state index in [9.17, 15) is 14.0 Å². The summed E-state index contributed by atoms with van der Waals surface area (Å²) in [5.74, 6) is -1.50. The molecule has 0 spiro atoms. The fourth-order valence-corrected chi connectivity index (χ4v) is 3.71. The molecule has 1 aliphatic rings. The zero-order valence-electron chi connectivity index (χ0n) is 15.5. The molecule has 3 rings (SSSR count). The number of nitrogens with one attached hydrogen (secondary N) is 1. The highest BCUT2D eigenvalue weighted by molar-refractivity contribution is 6.30. The second-order valence-corrected chi connectivity index (χ2v) is 7.21. The van der Waals surface area contributed by atoms with Crippen LogP contribution in [0.4, 0.5) is 4.39 Å². The molecule has 5 nitrogen and oxygen atoms in total. The molecule has 2 atom stereocenters. The van der Waals surface area contributed by atoms with Crippen molar-refractivity contribution < 1.29 is 18.7 Å². The van der Waals surface area contributed by atoms with Crippen LogP contribution in [0.3, 0.4) is 0 Å². The molecule has 2 aromatic carbocycles. The van der Waals surface area contributed by atoms with Crippen LogP contribution in [-0.4, -0.2) is 50.1 Å². The molecule has 148 valence electrons. The van der Waals surface area contributed by atoms with Gasteiger partial charge in [0, 0.05) is 43.2 Å². The van der Waals surface area contributed by atoms with Crippen molar-refractivity contribution in [3.8, 4) is 0 Å². The Morgan fingerprint density at radius 3 is 2.71 bits per heavy atom. The normalized spacial score (nSPS) is 18.9. The van der Waals surface area contributed by atoms with Crippen molar-refractivity contribution in [1.29, 1.82) is 0 Å². The smallest absolute Gasteiger partial charge is 0.253 e. The molecule has 28 heavy (non-hydrogen) atoms. The topological polar surface area (TPSA) is 58.6 Å². The third-order valence-electron chi connectivity index (χ3n) is 4.90. The average Bonchev–Trinajstić information content (AvgIpc) is 3.13. The van der Waals surface area contributed by atoms with Crippen LogP contribution in [0.5, 0.6) is 0 Å². The van der Waals surface area contributed by atoms with Crippen molar-refractivity contribution in [2.24, 2.45) is 5.92 Å². The van der Waals surface area contributed by atoms with Gasteiger partial charge in [-0.2, -0.15) is 0 Å². The first-order valence-corrected chi connectivity index (χ1v) is 9.44. The van der Waals surface area contributed by atoms with Crippen LogP contribution in [0.15, 0.2) is 48.5 Å². The molecule has 0 aromatic heterocycles. The maximum absolute atomic E-state index is 13.8. The molecule has 0 bridgehead atoms. The van der Waals surface area contributed by atoms with E-state index in [1.165, 1.54) is 12.1 Å². The molecular weight excluding hydrogens is 383 g/mol. The standard InChI is InChI=1S/C21H22ClFN2O3/c1-28-9-8-24-20(26)19-13-25(21(27)15-5-2-6-16(22)10-15)12-18(19)14-4-3-7-17(23)11-14/h2-7,10-11,18-19H,8-9,12-13H2,1H3,(H,24,26). The third kappa shape index (κ3) is 4.69. The number of halogens is 2. The number of amides is 2. The van der Waals surface area contributed by atoms with Crippen LogP contribution in [-0.2, 0) is 9.53 Å². The van der Waals surface area contributed by atoms with Gasteiger partial charge in [-0.25, -0.2) is 4.39 Å². The molecule has 1 fully saturated rings. The van der Waals surface area contributed by atoms with Crippen LogP contribution in [0, 0.1) is 11.7 Å². The molecule has 0 radical (unpaired) electrons. The van der Waals surface area contributed by atoms with E-state index in [0.29, 0.717) is 35.8 Å². The third-order valence-corrected chi connectivity index (χ3v) is 5.13. The molecule has 0 saturated carbocycles. The van der Waals surface area contributed by atoms with E-state index in [1.807, 2.05) is 0 Å². The second kappa shape index (κ2) is 9.17. The number of methoxy groups -OCH3 is 1. The van der Waals surface area contributed by atoms with Gasteiger partial charge in [0.2, 0.25) is 5.91 Å². The largest absolute Gasteiger partial charge is 0.383 e. The van der Waals surface area contributed by atoms with E-state index < -0.39 is 5.92 Å². The van der Waals surface area contributed by atoms with Gasteiger partial charge < -0.3 is 15.0 Å². The van der Waals surface area contributed by atoms with Crippen LogP contribution in [0.2, 0.25) is 5.02 Å². The van der Waals surface area contributed by atoms with Crippen LogP contribution >= 0.6 is 11.6 Å². The van der Waals surface area contributed by atoms with Gasteiger partial charge in [0.05, 0.1) is 12.5 Å². The van der Waals surface area contributed by atoms with E-state index in [4.69, 9.17) is 16.3 Å². The number of hydrogen-bond donors (Lipinski definition) is 1. The van der Waals surface area contributed by atoms with Crippen molar-refractivity contribution in [3.63, 3.8) is 0 Å². The number of likely N-dealkylation sites (tertiary alicyclic amines) is 1. The Hall–Kier alpha value is -2.44. The maximum Gasteiger partial charge on any atom is 0.253 e. The van der Waals surface area contributed by atoms with E-state index >= 15 is 0 Å². The monoisotopic (exact) mass is 404 g/mol. The first kappa shape index (κ1) is 20.3. The van der Waals surface area contributed by atoms with Gasteiger partial charge in [-0.15, -0.1) is 0 Å². The first-order valence-electron chi connectivity index (χ1n) is 9.06. The van der Waals surface area contributed by atoms with E-state index in [0.717, 1.165) is 0 Å². The predicted octanol–water partition coefficient (Wildman–Crippen LogP) is 3.10. The van der Waals surface area contributed by atoms with Crippen LogP contribution < -0.4 is 5.32 Å². The number of rotatable bonds is 6. The van der Waals surface area contributed by atoms with Crippen molar-refractivity contribution in [2.75, 3.05) is 33.4 Å². The Balaban J connectivity index is 1.83. The molecule has 2 unspecified atom stereocenters. The van der Waals surface area contributed by atoms with Gasteiger partial charge in [-0.05, 0) is 35.9 Å². The number of hydrogen-bond acceptors (Lipinski definition) is 3. The predicted molar refractivity (Wildman–Crippen MR) is 105 cm³/mol. The lowest BCUT2D eigenvalue weighted by Crippen LogP contribution is -2.37. The van der Waals surface area contributed by atoms with Crippen molar-refractivity contribution in [2.45, 2.75) is 5.92 Å². The van der Waals surface area contributed by atoms with Crippen LogP contribution in [0.1, 0.15) is 21.8 Å². The van der Waals surface area contributed by atoms with Gasteiger partial charge in [0.15, 0.2) is 0 Å². The summed E-state index contributed by atoms with van der Waals surface area (Å²) in [6.07, 6.45) is 0. The first-order chi connectivity index (χ1) is 13.5. The van der Waals surface area contributed by atoms with E-state index in [1.54, 1.807) is 48.4 Å². The molecule has 1 aliphatic heterocycles. The summed E-state index contributed by atoms with van der Waals surface area (Å²) in [4.78, 5) is 27.3. The van der Waals surface area contributed by atoms with Crippen LogP contribution in [0.25, 0.3) is 0 Å². The minimum Gasteiger partial charge on any atom is -0.383 e. The van der Waals surface area contributed by atoms with Crippen molar-refractivity contribution in [1.82, 2.24) is 10.2 Å². The minimum atomic E-state index is -0.471. The number of carbonyl (C=O) groups excluding carboxylic acids is 2. The fourth-order valence-electron chi connectivity index (χ4n) is 3.52. The summed E-state index contributed by atoms with van der Waals surface area (Å²) in [6, 6.07) is 12.9. The lowest BCUT2D eigenvalue weighted by molar-refractivity contribution is -0.125. The Morgan fingerprint density at radius 1 is 1.21 bits per heavy atom. The molecule has 1 N–H and O–H groups in total. The van der Waals surface area contributed by atoms with Gasteiger partial charge in [0.1, 0.15) is 5.82 Å². The number of nitrogens with zero attached hydrogens (tertiary/aromatic N) is 1. The molecule has 7 heteroatoms. The van der Waals surface area contributed by atoms with Gasteiger partial charge >= 0.3 is 0 Å². The quantitative estimate of drug-likeness (QED) is 0.753. The second-order valence-electron chi connectivity index (χ2n) is 6.77. The van der Waals surface area contributed by atoms with Gasteiger partial charge in [-0.1, -0.05) is 29.8 Å². The number of carbonyl (C=O) groups is 2. The highest BCUT2D eigenvalue weighted by atomic mass is 35.5. The number of ether oxygens (including phenoxy) is 1. The lowest BCUT2D eigenvalue weighted by Gasteiger charge is -2.18. The summed E-state index contributed by atoms with van der Waals surface area (Å²) in [6.45, 7) is 1.36. The fraction of sp³-hybridized carbons (Fsp3) is 0.333. The Kier molecular flexibility index (Phi) is 6.65. The molecule has 2 amide bonds. The summed E-state index contributed by atoms with van der Waals surface area (Å²) < 4.78 is 18.7. The molecular formula is C21H22ClFN2O3. The highest BCUT2D eigenvalue weighted by Crippen LogP contribution is 2.34. The SMILES string of the molecule is COCCNC(=O)C1CN(C(=O)c2cccc(Cl)c2)CC1c1cccc(F)c1. The lowest BCUT2D eigenvalue weighted by atomic mass is 9.88. The molecule has 1 heterocycles. The molecule has 0 aliphatic carbocycles. The summed E-state index contributed by atoms with van der Waals surface area (Å²) in [5, 5.41) is 3.30. The van der Waals surface area contributed by atoms with E-state index in [-0.39, 0.29) is 30.1 Å². The average molecular weight is 405 g/mol. The van der Waals surface area contributed by atoms with Gasteiger partial charge in [-0.3, -0.25) is 9.59 Å². The minimum absolute atomic E-state index is 0.173. The highest BCUT2D eigenvalue weighted by Gasteiger charge is 2.40. The van der Waals surface area contributed by atoms with E-state index in [2.05, 4.69) is 5.32 Å². The zero-order valence-corrected chi connectivity index (χ0v) is 16.3. The van der Waals surface area contributed by atoms with Gasteiger partial charge in [0.25, 0.3) is 5.91 Å². The Bertz CT molecular complexity index is 861. The Labute approximate surface area is 168 Å². The number of benzene rings is 2. The summed E-state index contributed by atoms with van der Waals surface area (Å²) in [7, 11) is 1.56. The van der Waals surface area contributed by atoms with Crippen molar-refractivity contribution >= 4 is 23.4 Å². The van der Waals surface area contributed by atoms with Crippen molar-refractivity contribution in [3.05, 3.63) is 70.5 Å². The summed E-state index contributed by atoms with van der Waals surface area (Å²) in [5.41, 5.74) is 1.17. The maximum atomic E-state index is 13.8. The summed E-state index contributed by atoms with van der Waals surface area (Å²) >= 11 is 6.00.